The van der Waals surface area contributed by atoms with Crippen LogP contribution in [0.25, 0.3) is 10.2 Å². The molecule has 14 heteroatoms. The first-order valence-corrected chi connectivity index (χ1v) is 21.0. The minimum Gasteiger partial charge on any atom is -0.493 e. The number of ether oxygens (including phenoxy) is 1. The van der Waals surface area contributed by atoms with Crippen molar-refractivity contribution < 1.29 is 27.3 Å². The third-order valence-electron chi connectivity index (χ3n) is 10.3. The van der Waals surface area contributed by atoms with E-state index in [0.717, 1.165) is 42.3 Å². The average Bonchev–Trinajstić information content (AvgIpc) is 3.90. The second-order valence-corrected chi connectivity index (χ2v) is 21.2. The standard InChI is InChI=1S/C37H36N4O7S2Si/c1-37(2,3)51(25-12-6-4-7-13-25,26-14-8-5-9-15-26)48-24-22-29-30(23-24)40(50(45,46)33-17-11-10-16-28(33)41(43)44)36(42)39(29)35-38-34-27-20-21-47-31(27)18-19-32(34)49-35/h4-19,24,29-30H,20-23H2,1-3H3/t24-,29+,30-/m1/s1. The summed E-state index contributed by atoms with van der Waals surface area (Å²) in [7, 11) is -7.75. The molecular formula is C37H36N4O7S2Si. The van der Waals surface area contributed by atoms with Crippen LogP contribution in [0.1, 0.15) is 39.2 Å². The lowest BCUT2D eigenvalue weighted by atomic mass is 10.1. The van der Waals surface area contributed by atoms with Crippen LogP contribution in [0.5, 0.6) is 5.75 Å². The van der Waals surface area contributed by atoms with Gasteiger partial charge >= 0.3 is 6.03 Å². The monoisotopic (exact) mass is 740 g/mol. The Hall–Kier alpha value is -4.63. The largest absolute Gasteiger partial charge is 0.493 e. The summed E-state index contributed by atoms with van der Waals surface area (Å²) in [6.07, 6.45) is 0.798. The Balaban J connectivity index is 1.26. The van der Waals surface area contributed by atoms with Crippen LogP contribution < -0.4 is 20.0 Å². The van der Waals surface area contributed by atoms with E-state index in [0.29, 0.717) is 24.6 Å². The van der Waals surface area contributed by atoms with Gasteiger partial charge in [-0.1, -0.05) is 105 Å². The molecule has 5 aromatic rings. The fraction of sp³-hybridized carbons (Fsp3) is 0.297. The van der Waals surface area contributed by atoms with E-state index in [-0.39, 0.29) is 11.5 Å². The zero-order chi connectivity index (χ0) is 35.7. The van der Waals surface area contributed by atoms with Crippen molar-refractivity contribution in [3.63, 3.8) is 0 Å². The molecule has 51 heavy (non-hydrogen) atoms. The fourth-order valence-electron chi connectivity index (χ4n) is 8.10. The van der Waals surface area contributed by atoms with Crippen LogP contribution in [0.4, 0.5) is 15.6 Å². The number of aromatic nitrogens is 1. The normalized spacial score (nSPS) is 20.5. The van der Waals surface area contributed by atoms with Gasteiger partial charge in [0.25, 0.3) is 24.0 Å². The molecule has 1 saturated heterocycles. The molecule has 1 aromatic heterocycles. The molecule has 3 heterocycles. The first-order valence-electron chi connectivity index (χ1n) is 16.9. The summed E-state index contributed by atoms with van der Waals surface area (Å²) >= 11 is 1.32. The highest BCUT2D eigenvalue weighted by atomic mass is 32.2. The lowest BCUT2D eigenvalue weighted by molar-refractivity contribution is -0.387. The Kier molecular flexibility index (Phi) is 8.05. The number of urea groups is 1. The molecule has 0 spiro atoms. The number of nitrogens with zero attached hydrogens (tertiary/aromatic N) is 4. The maximum atomic E-state index is 14.5. The third kappa shape index (κ3) is 5.26. The maximum absolute atomic E-state index is 14.5. The summed E-state index contributed by atoms with van der Waals surface area (Å²) < 4.78 is 44.0. The van der Waals surface area contributed by atoms with Crippen molar-refractivity contribution in [3.8, 4) is 5.75 Å². The molecule has 262 valence electrons. The number of hydrogen-bond donors (Lipinski definition) is 0. The molecule has 3 atom stereocenters. The van der Waals surface area contributed by atoms with Gasteiger partial charge in [0.1, 0.15) is 5.75 Å². The molecule has 0 bridgehead atoms. The minimum absolute atomic E-state index is 0.214. The second kappa shape index (κ2) is 12.3. The van der Waals surface area contributed by atoms with Gasteiger partial charge in [-0.05, 0) is 46.5 Å². The maximum Gasteiger partial charge on any atom is 0.340 e. The lowest BCUT2D eigenvalue weighted by Gasteiger charge is -2.45. The van der Waals surface area contributed by atoms with Crippen molar-refractivity contribution in [2.75, 3.05) is 11.5 Å². The molecule has 3 aliphatic rings. The molecule has 1 saturated carbocycles. The summed E-state index contributed by atoms with van der Waals surface area (Å²) in [6.45, 7) is 7.08. The van der Waals surface area contributed by atoms with Crippen LogP contribution in [-0.4, -0.2) is 61.8 Å². The smallest absolute Gasteiger partial charge is 0.340 e. The van der Waals surface area contributed by atoms with Gasteiger partial charge < -0.3 is 9.16 Å². The van der Waals surface area contributed by atoms with E-state index >= 15 is 0 Å². The van der Waals surface area contributed by atoms with Crippen LogP contribution in [-0.2, 0) is 20.9 Å². The summed E-state index contributed by atoms with van der Waals surface area (Å²) in [5.41, 5.74) is 1.10. The zero-order valence-electron chi connectivity index (χ0n) is 28.3. The van der Waals surface area contributed by atoms with Gasteiger partial charge in [0.2, 0.25) is 0 Å². The number of rotatable bonds is 8. The molecule has 2 amide bonds. The molecular weight excluding hydrogens is 705 g/mol. The number of sulfonamides is 1. The molecule has 11 nitrogen and oxygen atoms in total. The number of thiazole rings is 1. The molecule has 8 rings (SSSR count). The molecule has 2 aliphatic heterocycles. The van der Waals surface area contributed by atoms with Crippen LogP contribution in [0.3, 0.4) is 0 Å². The van der Waals surface area contributed by atoms with Crippen LogP contribution in [0.2, 0.25) is 5.04 Å². The SMILES string of the molecule is CC(C)(C)[Si](O[C@H]1C[C@@H]2[C@H](C1)N(c1nc3c4c(ccc3s1)OCC4)C(=O)N2S(=O)(=O)c1ccccc1[N+](=O)[O-])(c1ccccc1)c1ccccc1. The molecule has 0 radical (unpaired) electrons. The highest BCUT2D eigenvalue weighted by Crippen LogP contribution is 2.48. The summed E-state index contributed by atoms with van der Waals surface area (Å²) in [5.74, 6) is 0.755. The Morgan fingerprint density at radius 2 is 1.55 bits per heavy atom. The lowest BCUT2D eigenvalue weighted by Crippen LogP contribution is -2.67. The third-order valence-corrected chi connectivity index (χ3v) is 18.2. The van der Waals surface area contributed by atoms with Crippen molar-refractivity contribution in [2.24, 2.45) is 0 Å². The Labute approximate surface area is 300 Å². The number of amides is 2. The zero-order valence-corrected chi connectivity index (χ0v) is 30.9. The number of nitro groups is 1. The number of anilines is 1. The van der Waals surface area contributed by atoms with Crippen molar-refractivity contribution in [3.05, 3.63) is 113 Å². The Morgan fingerprint density at radius 3 is 2.20 bits per heavy atom. The van der Waals surface area contributed by atoms with E-state index in [2.05, 4.69) is 45.0 Å². The second-order valence-electron chi connectivity index (χ2n) is 14.2. The highest BCUT2D eigenvalue weighted by Gasteiger charge is 2.60. The fourth-order valence-corrected chi connectivity index (χ4v) is 15.6. The van der Waals surface area contributed by atoms with Gasteiger partial charge in [-0.3, -0.25) is 15.0 Å². The minimum atomic E-state index is -4.69. The molecule has 2 fully saturated rings. The average molecular weight is 741 g/mol. The van der Waals surface area contributed by atoms with Crippen LogP contribution >= 0.6 is 11.3 Å². The van der Waals surface area contributed by atoms with Crippen molar-refractivity contribution in [1.82, 2.24) is 9.29 Å². The van der Waals surface area contributed by atoms with Crippen molar-refractivity contribution in [1.29, 1.82) is 0 Å². The van der Waals surface area contributed by atoms with Gasteiger partial charge in [0, 0.05) is 24.2 Å². The predicted octanol–water partition coefficient (Wildman–Crippen LogP) is 6.25. The number of para-hydroxylation sites is 1. The number of nitro benzene ring substituents is 1. The van der Waals surface area contributed by atoms with E-state index in [9.17, 15) is 23.3 Å². The van der Waals surface area contributed by atoms with Crippen LogP contribution in [0.15, 0.2) is 102 Å². The highest BCUT2D eigenvalue weighted by molar-refractivity contribution is 7.89. The summed E-state index contributed by atoms with van der Waals surface area (Å²) in [6, 6.07) is 27.1. The van der Waals surface area contributed by atoms with Gasteiger partial charge in [0.15, 0.2) is 10.0 Å². The Morgan fingerprint density at radius 1 is 0.922 bits per heavy atom. The number of carbonyl (C=O) groups is 1. The number of carbonyl (C=O) groups excluding carboxylic acids is 1. The topological polar surface area (TPSA) is 132 Å². The molecule has 4 aromatic carbocycles. The number of benzene rings is 4. The predicted molar refractivity (Wildman–Crippen MR) is 198 cm³/mol. The van der Waals surface area contributed by atoms with E-state index in [1.165, 1.54) is 34.4 Å². The number of fused-ring (bicyclic) bond motifs is 4. The summed E-state index contributed by atoms with van der Waals surface area (Å²) in [4.78, 5) is 31.7. The Bertz CT molecular complexity index is 2240. The molecule has 0 N–H and O–H groups in total. The van der Waals surface area contributed by atoms with Gasteiger partial charge in [-0.25, -0.2) is 22.5 Å². The molecule has 1 aliphatic carbocycles. The van der Waals surface area contributed by atoms with E-state index < -0.39 is 58.1 Å². The van der Waals surface area contributed by atoms with Gasteiger partial charge in [-0.15, -0.1) is 0 Å². The van der Waals surface area contributed by atoms with Crippen molar-refractivity contribution in [2.45, 2.75) is 68.2 Å². The van der Waals surface area contributed by atoms with Gasteiger partial charge in [-0.2, -0.15) is 0 Å². The number of hydrogen-bond acceptors (Lipinski definition) is 9. The molecule has 0 unspecified atom stereocenters. The van der Waals surface area contributed by atoms with Gasteiger partial charge in [0.05, 0.1) is 33.8 Å². The summed E-state index contributed by atoms with van der Waals surface area (Å²) in [5, 5.41) is 14.2. The van der Waals surface area contributed by atoms with E-state index in [1.54, 1.807) is 0 Å². The first kappa shape index (κ1) is 33.5. The van der Waals surface area contributed by atoms with E-state index in [1.807, 2.05) is 48.5 Å². The van der Waals surface area contributed by atoms with Crippen molar-refractivity contribution >= 4 is 67.1 Å². The quantitative estimate of drug-likeness (QED) is 0.104. The van der Waals surface area contributed by atoms with E-state index in [4.69, 9.17) is 14.1 Å². The first-order chi connectivity index (χ1) is 24.4. The van der Waals surface area contributed by atoms with Crippen LogP contribution in [0, 0.1) is 10.1 Å².